The fourth-order valence-electron chi connectivity index (χ4n) is 1.39. The summed E-state index contributed by atoms with van der Waals surface area (Å²) in [4.78, 5) is 25.4. The Morgan fingerprint density at radius 1 is 1.37 bits per heavy atom. The van der Waals surface area contributed by atoms with Crippen molar-refractivity contribution in [3.63, 3.8) is 0 Å². The molecule has 0 radical (unpaired) electrons. The Bertz CT molecular complexity index is 453. The summed E-state index contributed by atoms with van der Waals surface area (Å²) in [6, 6.07) is 7.34. The van der Waals surface area contributed by atoms with Gasteiger partial charge in [0.25, 0.3) is 0 Å². The average molecular weight is 302 g/mol. The van der Waals surface area contributed by atoms with E-state index in [4.69, 9.17) is 11.6 Å². The van der Waals surface area contributed by atoms with E-state index in [0.717, 1.165) is 4.90 Å². The lowest BCUT2D eigenvalue weighted by atomic mass is 10.4. The number of hydrogen-bond donors (Lipinski definition) is 0. The Balaban J connectivity index is 2.54. The third kappa shape index (κ3) is 5.12. The van der Waals surface area contributed by atoms with Gasteiger partial charge < -0.3 is 9.64 Å². The predicted octanol–water partition coefficient (Wildman–Crippen LogP) is 2.45. The highest BCUT2D eigenvalue weighted by Gasteiger charge is 2.16. The fraction of sp³-hybridized carbons (Fsp3) is 0.385. The molecule has 0 bridgehead atoms. The highest BCUT2D eigenvalue weighted by Crippen LogP contribution is 2.26. The maximum atomic E-state index is 12.0. The molecule has 1 rings (SSSR count). The van der Waals surface area contributed by atoms with Crippen LogP contribution in [-0.2, 0) is 14.3 Å². The number of methoxy groups -OCH3 is 1. The van der Waals surface area contributed by atoms with Crippen LogP contribution in [0.4, 0.5) is 0 Å². The minimum atomic E-state index is -0.419. The van der Waals surface area contributed by atoms with Crippen LogP contribution in [0.15, 0.2) is 29.2 Å². The summed E-state index contributed by atoms with van der Waals surface area (Å²) in [5.41, 5.74) is 0. The zero-order valence-corrected chi connectivity index (χ0v) is 12.5. The van der Waals surface area contributed by atoms with Crippen LogP contribution < -0.4 is 0 Å². The maximum Gasteiger partial charge on any atom is 0.325 e. The molecule has 0 atom stereocenters. The zero-order chi connectivity index (χ0) is 14.3. The molecule has 0 N–H and O–H groups in total. The van der Waals surface area contributed by atoms with Gasteiger partial charge >= 0.3 is 5.97 Å². The molecule has 0 fully saturated rings. The monoisotopic (exact) mass is 301 g/mol. The molecule has 0 aliphatic carbocycles. The van der Waals surface area contributed by atoms with Crippen molar-refractivity contribution in [1.29, 1.82) is 0 Å². The molecule has 4 nitrogen and oxygen atoms in total. The third-order valence-corrected chi connectivity index (χ3v) is 3.97. The first-order valence-electron chi connectivity index (χ1n) is 5.80. The Labute approximate surface area is 122 Å². The van der Waals surface area contributed by atoms with Crippen LogP contribution in [0.1, 0.15) is 6.92 Å². The number of hydrogen-bond acceptors (Lipinski definition) is 4. The number of likely N-dealkylation sites (N-methyl/N-ethyl adjacent to an activating group) is 1. The van der Waals surface area contributed by atoms with Gasteiger partial charge in [0.2, 0.25) is 5.91 Å². The summed E-state index contributed by atoms with van der Waals surface area (Å²) in [6.07, 6.45) is 0. The molecular weight excluding hydrogens is 286 g/mol. The van der Waals surface area contributed by atoms with Crippen molar-refractivity contribution < 1.29 is 14.3 Å². The molecule has 0 aliphatic rings. The number of halogens is 1. The number of benzene rings is 1. The topological polar surface area (TPSA) is 46.6 Å². The summed E-state index contributed by atoms with van der Waals surface area (Å²) >= 11 is 7.37. The molecule has 1 amide bonds. The largest absolute Gasteiger partial charge is 0.468 e. The summed E-state index contributed by atoms with van der Waals surface area (Å²) < 4.78 is 4.55. The number of thioether (sulfide) groups is 1. The predicted molar refractivity (Wildman–Crippen MR) is 76.4 cm³/mol. The van der Waals surface area contributed by atoms with E-state index in [-0.39, 0.29) is 18.2 Å². The highest BCUT2D eigenvalue weighted by atomic mass is 35.5. The van der Waals surface area contributed by atoms with Gasteiger partial charge in [-0.15, -0.1) is 11.8 Å². The van der Waals surface area contributed by atoms with E-state index in [1.54, 1.807) is 6.07 Å². The molecule has 0 heterocycles. The molecule has 6 heteroatoms. The number of amides is 1. The minimum Gasteiger partial charge on any atom is -0.468 e. The first kappa shape index (κ1) is 15.9. The molecule has 0 aromatic heterocycles. The van der Waals surface area contributed by atoms with Crippen LogP contribution in [0.5, 0.6) is 0 Å². The minimum absolute atomic E-state index is 0.0189. The van der Waals surface area contributed by atoms with Crippen molar-refractivity contribution in [2.24, 2.45) is 0 Å². The molecule has 104 valence electrons. The van der Waals surface area contributed by atoms with Crippen LogP contribution in [0.3, 0.4) is 0 Å². The van der Waals surface area contributed by atoms with Gasteiger partial charge in [0, 0.05) is 11.4 Å². The Hall–Kier alpha value is -1.20. The molecular formula is C13H16ClNO3S. The number of carbonyl (C=O) groups excluding carboxylic acids is 2. The van der Waals surface area contributed by atoms with Crippen LogP contribution in [0, 0.1) is 0 Å². The maximum absolute atomic E-state index is 12.0. The smallest absolute Gasteiger partial charge is 0.325 e. The lowest BCUT2D eigenvalue weighted by molar-refractivity contribution is -0.146. The van der Waals surface area contributed by atoms with E-state index in [1.165, 1.54) is 23.8 Å². The number of carbonyl (C=O) groups is 2. The second-order valence-electron chi connectivity index (χ2n) is 3.70. The molecule has 0 spiro atoms. The van der Waals surface area contributed by atoms with E-state index < -0.39 is 5.97 Å². The SMILES string of the molecule is CCN(CC(=O)OC)C(=O)CSc1ccccc1Cl. The van der Waals surface area contributed by atoms with E-state index in [2.05, 4.69) is 4.74 Å². The first-order valence-corrected chi connectivity index (χ1v) is 7.16. The van der Waals surface area contributed by atoms with Gasteiger partial charge in [0.1, 0.15) is 6.54 Å². The highest BCUT2D eigenvalue weighted by molar-refractivity contribution is 8.00. The molecule has 19 heavy (non-hydrogen) atoms. The normalized spacial score (nSPS) is 10.1. The van der Waals surface area contributed by atoms with Gasteiger partial charge in [-0.2, -0.15) is 0 Å². The van der Waals surface area contributed by atoms with E-state index in [1.807, 2.05) is 25.1 Å². The van der Waals surface area contributed by atoms with Gasteiger partial charge in [-0.1, -0.05) is 23.7 Å². The van der Waals surface area contributed by atoms with Crippen LogP contribution in [0.25, 0.3) is 0 Å². The lowest BCUT2D eigenvalue weighted by Gasteiger charge is -2.19. The lowest BCUT2D eigenvalue weighted by Crippen LogP contribution is -2.37. The van der Waals surface area contributed by atoms with Crippen molar-refractivity contribution in [2.75, 3.05) is 26.0 Å². The van der Waals surface area contributed by atoms with Crippen molar-refractivity contribution in [3.05, 3.63) is 29.3 Å². The second kappa shape index (κ2) is 8.07. The zero-order valence-electron chi connectivity index (χ0n) is 10.9. The molecule has 0 aliphatic heterocycles. The number of esters is 1. The van der Waals surface area contributed by atoms with Crippen LogP contribution >= 0.6 is 23.4 Å². The molecule has 0 unspecified atom stereocenters. The van der Waals surface area contributed by atoms with E-state index in [9.17, 15) is 9.59 Å². The van der Waals surface area contributed by atoms with Crippen molar-refractivity contribution >= 4 is 35.2 Å². The van der Waals surface area contributed by atoms with E-state index >= 15 is 0 Å². The van der Waals surface area contributed by atoms with Crippen molar-refractivity contribution in [1.82, 2.24) is 4.90 Å². The summed E-state index contributed by atoms with van der Waals surface area (Å²) in [6.45, 7) is 2.27. The van der Waals surface area contributed by atoms with Crippen LogP contribution in [-0.4, -0.2) is 42.7 Å². The van der Waals surface area contributed by atoms with Gasteiger partial charge in [-0.3, -0.25) is 9.59 Å². The fourth-order valence-corrected chi connectivity index (χ4v) is 2.53. The first-order chi connectivity index (χ1) is 9.08. The Kier molecular flexibility index (Phi) is 6.73. The van der Waals surface area contributed by atoms with Gasteiger partial charge in [-0.05, 0) is 19.1 Å². The van der Waals surface area contributed by atoms with Crippen LogP contribution in [0.2, 0.25) is 5.02 Å². The van der Waals surface area contributed by atoms with Gasteiger partial charge in [0.05, 0.1) is 17.9 Å². The summed E-state index contributed by atoms with van der Waals surface area (Å²) in [5.74, 6) is -0.287. The quantitative estimate of drug-likeness (QED) is 0.598. The second-order valence-corrected chi connectivity index (χ2v) is 5.13. The van der Waals surface area contributed by atoms with Gasteiger partial charge in [-0.25, -0.2) is 0 Å². The molecule has 0 saturated heterocycles. The third-order valence-electron chi connectivity index (χ3n) is 2.47. The van der Waals surface area contributed by atoms with Crippen molar-refractivity contribution in [2.45, 2.75) is 11.8 Å². The summed E-state index contributed by atoms with van der Waals surface area (Å²) in [7, 11) is 1.30. The number of nitrogens with zero attached hydrogens (tertiary/aromatic N) is 1. The van der Waals surface area contributed by atoms with Crippen molar-refractivity contribution in [3.8, 4) is 0 Å². The Morgan fingerprint density at radius 2 is 2.05 bits per heavy atom. The molecule has 0 saturated carbocycles. The summed E-state index contributed by atoms with van der Waals surface area (Å²) in [5, 5.41) is 0.622. The number of rotatable bonds is 6. The standard InChI is InChI=1S/C13H16ClNO3S/c1-3-15(8-13(17)18-2)12(16)9-19-11-7-5-4-6-10(11)14/h4-7H,3,8-9H2,1-2H3. The van der Waals surface area contributed by atoms with E-state index in [0.29, 0.717) is 11.6 Å². The average Bonchev–Trinajstić information content (AvgIpc) is 2.43. The Morgan fingerprint density at radius 3 is 2.63 bits per heavy atom. The molecule has 1 aromatic rings. The molecule has 1 aromatic carbocycles. The number of ether oxygens (including phenoxy) is 1. The van der Waals surface area contributed by atoms with Gasteiger partial charge in [0.15, 0.2) is 0 Å².